The molecular weight excluding hydrogens is 333 g/mol. The lowest BCUT2D eigenvalue weighted by atomic mass is 10.1. The molecule has 0 saturated heterocycles. The Morgan fingerprint density at radius 3 is 2.73 bits per heavy atom. The van der Waals surface area contributed by atoms with E-state index in [0.29, 0.717) is 31.3 Å². The Bertz CT molecular complexity index is 735. The molecular formula is C20H26FN3O2. The molecule has 5 nitrogen and oxygen atoms in total. The molecule has 0 aliphatic rings. The summed E-state index contributed by atoms with van der Waals surface area (Å²) in [4.78, 5) is 4.22. The van der Waals surface area contributed by atoms with Crippen LogP contribution >= 0.6 is 0 Å². The van der Waals surface area contributed by atoms with E-state index in [9.17, 15) is 4.39 Å². The molecule has 26 heavy (non-hydrogen) atoms. The van der Waals surface area contributed by atoms with E-state index in [4.69, 9.17) is 9.47 Å². The number of nitrogens with one attached hydrogen (secondary N) is 2. The topological polar surface area (TPSA) is 54.9 Å². The summed E-state index contributed by atoms with van der Waals surface area (Å²) in [5.74, 6) is 1.22. The van der Waals surface area contributed by atoms with Gasteiger partial charge in [0.15, 0.2) is 5.96 Å². The second-order valence-corrected chi connectivity index (χ2v) is 5.86. The lowest BCUT2D eigenvalue weighted by Gasteiger charge is -2.13. The van der Waals surface area contributed by atoms with E-state index in [1.165, 1.54) is 6.07 Å². The van der Waals surface area contributed by atoms with Gasteiger partial charge in [0.1, 0.15) is 11.6 Å². The van der Waals surface area contributed by atoms with Crippen LogP contribution in [-0.4, -0.2) is 33.3 Å². The first-order valence-electron chi connectivity index (χ1n) is 8.57. The van der Waals surface area contributed by atoms with Crippen molar-refractivity contribution in [2.75, 3.05) is 32.7 Å². The Morgan fingerprint density at radius 1 is 1.15 bits per heavy atom. The predicted molar refractivity (Wildman–Crippen MR) is 103 cm³/mol. The summed E-state index contributed by atoms with van der Waals surface area (Å²) in [5.41, 5.74) is 2.49. The quantitative estimate of drug-likeness (QED) is 0.428. The molecule has 0 unspecified atom stereocenters. The van der Waals surface area contributed by atoms with Crippen molar-refractivity contribution >= 4 is 11.6 Å². The van der Waals surface area contributed by atoms with E-state index in [1.54, 1.807) is 27.1 Å². The zero-order chi connectivity index (χ0) is 18.8. The molecule has 0 bridgehead atoms. The fraction of sp³-hybridized carbons (Fsp3) is 0.350. The Balaban J connectivity index is 1.89. The van der Waals surface area contributed by atoms with Crippen molar-refractivity contribution in [1.29, 1.82) is 0 Å². The summed E-state index contributed by atoms with van der Waals surface area (Å²) in [5, 5.41) is 6.45. The van der Waals surface area contributed by atoms with E-state index >= 15 is 0 Å². The fourth-order valence-electron chi connectivity index (χ4n) is 2.38. The third kappa shape index (κ3) is 6.37. The maximum absolute atomic E-state index is 13.3. The van der Waals surface area contributed by atoms with Crippen LogP contribution in [0, 0.1) is 12.7 Å². The minimum atomic E-state index is -0.196. The average molecular weight is 359 g/mol. The lowest BCUT2D eigenvalue weighted by Crippen LogP contribution is -2.30. The highest BCUT2D eigenvalue weighted by Gasteiger charge is 2.03. The summed E-state index contributed by atoms with van der Waals surface area (Å²) in [6.45, 7) is 3.59. The number of rotatable bonds is 8. The predicted octanol–water partition coefficient (Wildman–Crippen LogP) is 3.74. The number of methoxy groups -OCH3 is 1. The first-order chi connectivity index (χ1) is 12.6. The van der Waals surface area contributed by atoms with Crippen LogP contribution in [0.3, 0.4) is 0 Å². The van der Waals surface area contributed by atoms with Gasteiger partial charge in [0.05, 0.1) is 6.61 Å². The third-order valence-electron chi connectivity index (χ3n) is 3.76. The smallest absolute Gasteiger partial charge is 0.195 e. The molecule has 2 rings (SSSR count). The SMILES string of the molecule is CN=C(NCc1ccc(F)c(C)c1)Nc1cccc(OCCCOC)c1. The molecule has 6 heteroatoms. The fourth-order valence-corrected chi connectivity index (χ4v) is 2.38. The summed E-state index contributed by atoms with van der Waals surface area (Å²) in [6, 6.07) is 12.8. The molecule has 0 heterocycles. The first kappa shape index (κ1) is 19.7. The average Bonchev–Trinajstić information content (AvgIpc) is 2.65. The second-order valence-electron chi connectivity index (χ2n) is 5.86. The molecule has 2 aromatic carbocycles. The van der Waals surface area contributed by atoms with E-state index < -0.39 is 0 Å². The number of guanidine groups is 1. The minimum absolute atomic E-state index is 0.196. The van der Waals surface area contributed by atoms with Gasteiger partial charge in [0, 0.05) is 45.5 Å². The normalized spacial score (nSPS) is 11.3. The maximum atomic E-state index is 13.3. The van der Waals surface area contributed by atoms with Gasteiger partial charge >= 0.3 is 0 Å². The lowest BCUT2D eigenvalue weighted by molar-refractivity contribution is 0.172. The van der Waals surface area contributed by atoms with E-state index in [1.807, 2.05) is 30.3 Å². The minimum Gasteiger partial charge on any atom is -0.493 e. The van der Waals surface area contributed by atoms with Gasteiger partial charge < -0.3 is 20.1 Å². The molecule has 0 spiro atoms. The summed E-state index contributed by atoms with van der Waals surface area (Å²) in [6.07, 6.45) is 0.842. The second kappa shape index (κ2) is 10.4. The number of halogens is 1. The number of hydrogen-bond donors (Lipinski definition) is 2. The van der Waals surface area contributed by atoms with E-state index in [2.05, 4.69) is 15.6 Å². The zero-order valence-electron chi connectivity index (χ0n) is 15.5. The van der Waals surface area contributed by atoms with Crippen molar-refractivity contribution < 1.29 is 13.9 Å². The van der Waals surface area contributed by atoms with Crippen LogP contribution in [0.5, 0.6) is 5.75 Å². The molecule has 0 atom stereocenters. The highest BCUT2D eigenvalue weighted by atomic mass is 19.1. The summed E-state index contributed by atoms with van der Waals surface area (Å²) < 4.78 is 24.1. The van der Waals surface area contributed by atoms with Gasteiger partial charge in [-0.25, -0.2) is 4.39 Å². The van der Waals surface area contributed by atoms with Crippen LogP contribution in [0.1, 0.15) is 17.5 Å². The maximum Gasteiger partial charge on any atom is 0.195 e. The van der Waals surface area contributed by atoms with Crippen molar-refractivity contribution in [3.63, 3.8) is 0 Å². The van der Waals surface area contributed by atoms with Crippen LogP contribution in [-0.2, 0) is 11.3 Å². The molecule has 0 fully saturated rings. The van der Waals surface area contributed by atoms with Gasteiger partial charge in [-0.3, -0.25) is 4.99 Å². The number of hydrogen-bond acceptors (Lipinski definition) is 3. The van der Waals surface area contributed by atoms with Gasteiger partial charge in [-0.2, -0.15) is 0 Å². The number of ether oxygens (including phenoxy) is 2. The van der Waals surface area contributed by atoms with Gasteiger partial charge in [-0.1, -0.05) is 18.2 Å². The largest absolute Gasteiger partial charge is 0.493 e. The number of nitrogens with zero attached hydrogens (tertiary/aromatic N) is 1. The number of aliphatic imine (C=N–C) groups is 1. The highest BCUT2D eigenvalue weighted by molar-refractivity contribution is 5.93. The molecule has 0 radical (unpaired) electrons. The molecule has 0 saturated carbocycles. The zero-order valence-corrected chi connectivity index (χ0v) is 15.5. The molecule has 0 amide bonds. The van der Waals surface area contributed by atoms with Crippen LogP contribution in [0.4, 0.5) is 10.1 Å². The van der Waals surface area contributed by atoms with Crippen LogP contribution in [0.2, 0.25) is 0 Å². The Kier molecular flexibility index (Phi) is 7.89. The number of benzene rings is 2. The van der Waals surface area contributed by atoms with Gasteiger partial charge in [-0.15, -0.1) is 0 Å². The van der Waals surface area contributed by atoms with Crippen molar-refractivity contribution in [3.8, 4) is 5.75 Å². The molecule has 140 valence electrons. The summed E-state index contributed by atoms with van der Waals surface area (Å²) >= 11 is 0. The van der Waals surface area contributed by atoms with Crippen LogP contribution in [0.25, 0.3) is 0 Å². The van der Waals surface area contributed by atoms with Crippen molar-refractivity contribution in [2.24, 2.45) is 4.99 Å². The highest BCUT2D eigenvalue weighted by Crippen LogP contribution is 2.17. The molecule has 0 aromatic heterocycles. The summed E-state index contributed by atoms with van der Waals surface area (Å²) in [7, 11) is 3.38. The number of aryl methyl sites for hydroxylation is 1. The van der Waals surface area contributed by atoms with Crippen molar-refractivity contribution in [3.05, 3.63) is 59.4 Å². The molecule has 0 aliphatic heterocycles. The van der Waals surface area contributed by atoms with Gasteiger partial charge in [0.2, 0.25) is 0 Å². The monoisotopic (exact) mass is 359 g/mol. The van der Waals surface area contributed by atoms with Crippen LogP contribution in [0.15, 0.2) is 47.5 Å². The van der Waals surface area contributed by atoms with E-state index in [-0.39, 0.29) is 5.82 Å². The van der Waals surface area contributed by atoms with Gasteiger partial charge in [-0.05, 0) is 36.2 Å². The van der Waals surface area contributed by atoms with Crippen LogP contribution < -0.4 is 15.4 Å². The number of anilines is 1. The van der Waals surface area contributed by atoms with Crippen molar-refractivity contribution in [1.82, 2.24) is 5.32 Å². The first-order valence-corrected chi connectivity index (χ1v) is 8.57. The third-order valence-corrected chi connectivity index (χ3v) is 3.76. The Hall–Kier alpha value is -2.60. The Labute approximate surface area is 154 Å². The standard InChI is InChI=1S/C20H26FN3O2/c1-15-12-16(8-9-19(15)21)14-23-20(22-2)24-17-6-4-7-18(13-17)26-11-5-10-25-3/h4,6-9,12-13H,5,10-11,14H2,1-3H3,(H2,22,23,24). The molecule has 0 aliphatic carbocycles. The van der Waals surface area contributed by atoms with Gasteiger partial charge in [0.25, 0.3) is 0 Å². The van der Waals surface area contributed by atoms with E-state index in [0.717, 1.165) is 23.4 Å². The molecule has 2 aromatic rings. The van der Waals surface area contributed by atoms with Crippen molar-refractivity contribution in [2.45, 2.75) is 19.9 Å². The Morgan fingerprint density at radius 2 is 2.00 bits per heavy atom. The molecule has 2 N–H and O–H groups in total.